The van der Waals surface area contributed by atoms with Crippen LogP contribution in [0.5, 0.6) is 5.75 Å². The number of carbonyl (C=O) groups is 2. The standard InChI is InChI=1S/C20H30N2O4/c1-5-15(22-19(24)26-20(2,3)4)18(23)21-16-12-9-13-17(16)25-14-10-7-6-8-11-14/h6-8,10-11,15-17H,5,9,12-13H2,1-4H3,(H,21,23)(H,22,24)/t15-,16+,17-/m1/s1. The van der Waals surface area contributed by atoms with E-state index < -0.39 is 17.7 Å². The van der Waals surface area contributed by atoms with Gasteiger partial charge < -0.3 is 20.1 Å². The molecule has 3 atom stereocenters. The van der Waals surface area contributed by atoms with Gasteiger partial charge in [0.25, 0.3) is 0 Å². The first-order valence-electron chi connectivity index (χ1n) is 9.30. The average molecular weight is 362 g/mol. The molecule has 2 N–H and O–H groups in total. The Balaban J connectivity index is 1.90. The van der Waals surface area contributed by atoms with Gasteiger partial charge in [-0.1, -0.05) is 25.1 Å². The van der Waals surface area contributed by atoms with E-state index in [1.165, 1.54) is 0 Å². The monoisotopic (exact) mass is 362 g/mol. The van der Waals surface area contributed by atoms with Crippen LogP contribution in [0.3, 0.4) is 0 Å². The molecular formula is C20H30N2O4. The van der Waals surface area contributed by atoms with Crippen LogP contribution in [-0.4, -0.2) is 35.8 Å². The lowest BCUT2D eigenvalue weighted by Gasteiger charge is -2.26. The molecule has 6 heteroatoms. The largest absolute Gasteiger partial charge is 0.488 e. The minimum atomic E-state index is -0.622. The number of rotatable bonds is 6. The van der Waals surface area contributed by atoms with Gasteiger partial charge in [0.05, 0.1) is 6.04 Å². The Hall–Kier alpha value is -2.24. The molecule has 2 rings (SSSR count). The number of alkyl carbamates (subject to hydrolysis) is 1. The first kappa shape index (κ1) is 20.1. The lowest BCUT2D eigenvalue weighted by molar-refractivity contribution is -0.124. The van der Waals surface area contributed by atoms with E-state index >= 15 is 0 Å². The third-order valence-electron chi connectivity index (χ3n) is 4.23. The van der Waals surface area contributed by atoms with Gasteiger partial charge in [-0.3, -0.25) is 4.79 Å². The first-order valence-corrected chi connectivity index (χ1v) is 9.30. The van der Waals surface area contributed by atoms with Crippen molar-refractivity contribution in [2.24, 2.45) is 0 Å². The van der Waals surface area contributed by atoms with Crippen LogP contribution in [0.1, 0.15) is 53.4 Å². The van der Waals surface area contributed by atoms with E-state index in [1.807, 2.05) is 37.3 Å². The van der Waals surface area contributed by atoms with E-state index in [1.54, 1.807) is 20.8 Å². The molecule has 1 fully saturated rings. The second-order valence-corrected chi connectivity index (χ2v) is 7.62. The molecule has 1 saturated carbocycles. The number of hydrogen-bond donors (Lipinski definition) is 2. The van der Waals surface area contributed by atoms with Crippen molar-refractivity contribution in [1.82, 2.24) is 10.6 Å². The van der Waals surface area contributed by atoms with Gasteiger partial charge in [-0.2, -0.15) is 0 Å². The van der Waals surface area contributed by atoms with Crippen molar-refractivity contribution in [1.29, 1.82) is 0 Å². The van der Waals surface area contributed by atoms with Gasteiger partial charge in [0.15, 0.2) is 0 Å². The summed E-state index contributed by atoms with van der Waals surface area (Å²) >= 11 is 0. The summed E-state index contributed by atoms with van der Waals surface area (Å²) in [4.78, 5) is 24.5. The van der Waals surface area contributed by atoms with Crippen molar-refractivity contribution in [3.05, 3.63) is 30.3 Å². The third-order valence-corrected chi connectivity index (χ3v) is 4.23. The van der Waals surface area contributed by atoms with Crippen molar-refractivity contribution in [3.63, 3.8) is 0 Å². The Labute approximate surface area is 155 Å². The van der Waals surface area contributed by atoms with Gasteiger partial charge in [0.1, 0.15) is 23.5 Å². The zero-order chi connectivity index (χ0) is 19.2. The topological polar surface area (TPSA) is 76.7 Å². The van der Waals surface area contributed by atoms with E-state index in [2.05, 4.69) is 10.6 Å². The van der Waals surface area contributed by atoms with E-state index in [0.29, 0.717) is 6.42 Å². The molecule has 1 aliphatic carbocycles. The molecule has 0 saturated heterocycles. The Morgan fingerprint density at radius 3 is 2.50 bits per heavy atom. The highest BCUT2D eigenvalue weighted by atomic mass is 16.6. The molecule has 0 heterocycles. The second kappa shape index (κ2) is 8.92. The summed E-state index contributed by atoms with van der Waals surface area (Å²) in [6.45, 7) is 7.22. The van der Waals surface area contributed by atoms with Crippen LogP contribution in [0, 0.1) is 0 Å². The third kappa shape index (κ3) is 6.24. The molecule has 2 amide bonds. The van der Waals surface area contributed by atoms with Crippen molar-refractivity contribution in [3.8, 4) is 5.75 Å². The smallest absolute Gasteiger partial charge is 0.408 e. The van der Waals surface area contributed by atoms with Crippen LogP contribution in [0.4, 0.5) is 4.79 Å². The summed E-state index contributed by atoms with van der Waals surface area (Å²) in [5.41, 5.74) is -0.598. The summed E-state index contributed by atoms with van der Waals surface area (Å²) in [6, 6.07) is 8.94. The highest BCUT2D eigenvalue weighted by molar-refractivity contribution is 5.85. The van der Waals surface area contributed by atoms with Crippen LogP contribution in [0.25, 0.3) is 0 Å². The molecule has 0 aromatic heterocycles. The van der Waals surface area contributed by atoms with E-state index in [4.69, 9.17) is 9.47 Å². The molecule has 0 spiro atoms. The quantitative estimate of drug-likeness (QED) is 0.813. The Morgan fingerprint density at radius 1 is 1.19 bits per heavy atom. The van der Waals surface area contributed by atoms with Gasteiger partial charge in [0.2, 0.25) is 5.91 Å². The number of carbonyl (C=O) groups excluding carboxylic acids is 2. The number of para-hydroxylation sites is 1. The fourth-order valence-corrected chi connectivity index (χ4v) is 2.99. The van der Waals surface area contributed by atoms with Crippen LogP contribution in [-0.2, 0) is 9.53 Å². The summed E-state index contributed by atoms with van der Waals surface area (Å²) < 4.78 is 11.3. The normalized spacial score (nSPS) is 20.9. The van der Waals surface area contributed by atoms with E-state index in [9.17, 15) is 9.59 Å². The van der Waals surface area contributed by atoms with Gasteiger partial charge >= 0.3 is 6.09 Å². The van der Waals surface area contributed by atoms with E-state index in [-0.39, 0.29) is 18.1 Å². The Morgan fingerprint density at radius 2 is 1.88 bits per heavy atom. The maximum atomic E-state index is 12.6. The summed E-state index contributed by atoms with van der Waals surface area (Å²) in [6.07, 6.45) is 2.62. The van der Waals surface area contributed by atoms with Crippen molar-refractivity contribution < 1.29 is 19.1 Å². The maximum absolute atomic E-state index is 12.6. The number of ether oxygens (including phenoxy) is 2. The van der Waals surface area contributed by atoms with Crippen LogP contribution >= 0.6 is 0 Å². The average Bonchev–Trinajstić information content (AvgIpc) is 2.98. The maximum Gasteiger partial charge on any atom is 0.408 e. The lowest BCUT2D eigenvalue weighted by Crippen LogP contribution is -2.52. The highest BCUT2D eigenvalue weighted by Gasteiger charge is 2.32. The zero-order valence-electron chi connectivity index (χ0n) is 16.1. The van der Waals surface area contributed by atoms with Crippen molar-refractivity contribution in [2.75, 3.05) is 0 Å². The fraction of sp³-hybridized carbons (Fsp3) is 0.600. The minimum absolute atomic E-state index is 0.0552. The number of hydrogen-bond acceptors (Lipinski definition) is 4. The highest BCUT2D eigenvalue weighted by Crippen LogP contribution is 2.24. The van der Waals surface area contributed by atoms with Crippen LogP contribution < -0.4 is 15.4 Å². The molecule has 6 nitrogen and oxygen atoms in total. The molecule has 26 heavy (non-hydrogen) atoms. The minimum Gasteiger partial charge on any atom is -0.488 e. The first-order chi connectivity index (χ1) is 12.3. The predicted octanol–water partition coefficient (Wildman–Crippen LogP) is 3.41. The van der Waals surface area contributed by atoms with Gasteiger partial charge in [-0.15, -0.1) is 0 Å². The fourth-order valence-electron chi connectivity index (χ4n) is 2.99. The molecule has 0 bridgehead atoms. The molecule has 1 aliphatic rings. The van der Waals surface area contributed by atoms with Gasteiger partial charge in [0, 0.05) is 0 Å². The van der Waals surface area contributed by atoms with E-state index in [0.717, 1.165) is 25.0 Å². The van der Waals surface area contributed by atoms with Crippen LogP contribution in [0.2, 0.25) is 0 Å². The Kier molecular flexibility index (Phi) is 6.89. The SMILES string of the molecule is CC[C@@H](NC(=O)OC(C)(C)C)C(=O)N[C@H]1CCC[C@H]1Oc1ccccc1. The molecule has 144 valence electrons. The molecule has 0 unspecified atom stereocenters. The Bertz CT molecular complexity index is 598. The zero-order valence-corrected chi connectivity index (χ0v) is 16.1. The van der Waals surface area contributed by atoms with Crippen molar-refractivity contribution in [2.45, 2.75) is 77.2 Å². The number of amides is 2. The molecule has 1 aromatic carbocycles. The number of nitrogens with one attached hydrogen (secondary N) is 2. The predicted molar refractivity (Wildman–Crippen MR) is 100 cm³/mol. The van der Waals surface area contributed by atoms with Crippen LogP contribution in [0.15, 0.2) is 30.3 Å². The summed E-state index contributed by atoms with van der Waals surface area (Å²) in [5, 5.41) is 5.68. The van der Waals surface area contributed by atoms with Gasteiger partial charge in [-0.25, -0.2) is 4.79 Å². The molecule has 1 aromatic rings. The van der Waals surface area contributed by atoms with Crippen molar-refractivity contribution >= 4 is 12.0 Å². The summed E-state index contributed by atoms with van der Waals surface area (Å²) in [5.74, 6) is 0.601. The molecular weight excluding hydrogens is 332 g/mol. The lowest BCUT2D eigenvalue weighted by atomic mass is 10.1. The second-order valence-electron chi connectivity index (χ2n) is 7.62. The number of benzene rings is 1. The molecule has 0 aliphatic heterocycles. The summed E-state index contributed by atoms with van der Waals surface area (Å²) in [7, 11) is 0. The molecule has 0 radical (unpaired) electrons. The van der Waals surface area contributed by atoms with Gasteiger partial charge in [-0.05, 0) is 58.6 Å².